The Balaban J connectivity index is 2.18. The Morgan fingerprint density at radius 1 is 1.44 bits per heavy atom. The van der Waals surface area contributed by atoms with Gasteiger partial charge in [0.05, 0.1) is 4.88 Å². The van der Waals surface area contributed by atoms with Crippen molar-refractivity contribution in [2.45, 2.75) is 19.8 Å². The number of carbonyl (C=O) groups excluding carboxylic acids is 1. The summed E-state index contributed by atoms with van der Waals surface area (Å²) in [5.74, 6) is 0.622. The van der Waals surface area contributed by atoms with E-state index in [9.17, 15) is 4.79 Å². The molecule has 0 unspecified atom stereocenters. The highest BCUT2D eigenvalue weighted by molar-refractivity contribution is 7.21. The summed E-state index contributed by atoms with van der Waals surface area (Å²) in [7, 11) is 0. The molecular weight excluding hydrogens is 240 g/mol. The summed E-state index contributed by atoms with van der Waals surface area (Å²) < 4.78 is 1.16. The topological polar surface area (TPSA) is 17.1 Å². The average molecular weight is 251 g/mol. The fraction of sp³-hybridized carbons (Fsp3) is 0.308. The van der Waals surface area contributed by atoms with Crippen molar-refractivity contribution in [2.24, 2.45) is 5.92 Å². The fourth-order valence-electron chi connectivity index (χ4n) is 1.96. The molecule has 1 aliphatic carbocycles. The second kappa shape index (κ2) is 3.57. The van der Waals surface area contributed by atoms with Gasteiger partial charge in [-0.1, -0.05) is 11.6 Å². The molecule has 3 rings (SSSR count). The van der Waals surface area contributed by atoms with E-state index in [2.05, 4.69) is 0 Å². The normalized spacial score (nSPS) is 15.6. The molecule has 0 radical (unpaired) electrons. The van der Waals surface area contributed by atoms with Crippen LogP contribution >= 0.6 is 22.9 Å². The van der Waals surface area contributed by atoms with Crippen LogP contribution in [0.2, 0.25) is 5.02 Å². The van der Waals surface area contributed by atoms with Gasteiger partial charge in [0.25, 0.3) is 0 Å². The molecule has 82 valence electrons. The molecule has 2 aromatic rings. The summed E-state index contributed by atoms with van der Waals surface area (Å²) in [6, 6.07) is 5.83. The molecule has 1 fully saturated rings. The second-order valence-corrected chi connectivity index (χ2v) is 5.82. The lowest BCUT2D eigenvalue weighted by Gasteiger charge is -1.96. The van der Waals surface area contributed by atoms with E-state index >= 15 is 0 Å². The Kier molecular flexibility index (Phi) is 2.30. The van der Waals surface area contributed by atoms with Gasteiger partial charge in [-0.15, -0.1) is 11.3 Å². The molecule has 1 aliphatic rings. The highest BCUT2D eigenvalue weighted by atomic mass is 35.5. The van der Waals surface area contributed by atoms with Gasteiger partial charge in [0.1, 0.15) is 0 Å². The van der Waals surface area contributed by atoms with Crippen LogP contribution < -0.4 is 0 Å². The predicted octanol–water partition coefficient (Wildman–Crippen LogP) is 4.46. The standard InChI is InChI=1S/C13H11ClOS/c1-7-10-6-9(14)4-5-11(10)16-13(7)12(15)8-2-3-8/h4-6,8H,2-3H2,1H3. The van der Waals surface area contributed by atoms with E-state index in [4.69, 9.17) is 11.6 Å². The van der Waals surface area contributed by atoms with Gasteiger partial charge >= 0.3 is 0 Å². The van der Waals surface area contributed by atoms with E-state index in [1.807, 2.05) is 25.1 Å². The van der Waals surface area contributed by atoms with Crippen molar-refractivity contribution in [3.05, 3.63) is 33.7 Å². The number of ketones is 1. The van der Waals surface area contributed by atoms with Crippen LogP contribution in [0.5, 0.6) is 0 Å². The van der Waals surface area contributed by atoms with Crippen LogP contribution in [-0.4, -0.2) is 5.78 Å². The second-order valence-electron chi connectivity index (χ2n) is 4.34. The maximum absolute atomic E-state index is 12.1. The first-order valence-electron chi connectivity index (χ1n) is 5.39. The summed E-state index contributed by atoms with van der Waals surface area (Å²) >= 11 is 7.57. The fourth-order valence-corrected chi connectivity index (χ4v) is 3.34. The number of rotatable bonds is 2. The van der Waals surface area contributed by atoms with Gasteiger partial charge < -0.3 is 0 Å². The third-order valence-electron chi connectivity index (χ3n) is 3.07. The van der Waals surface area contributed by atoms with Gasteiger partial charge in [-0.05, 0) is 48.9 Å². The number of carbonyl (C=O) groups is 1. The monoisotopic (exact) mass is 250 g/mol. The van der Waals surface area contributed by atoms with E-state index < -0.39 is 0 Å². The molecule has 1 nitrogen and oxygen atoms in total. The van der Waals surface area contributed by atoms with Crippen LogP contribution in [-0.2, 0) is 0 Å². The van der Waals surface area contributed by atoms with Gasteiger partial charge in [0.15, 0.2) is 5.78 Å². The SMILES string of the molecule is Cc1c(C(=O)C2CC2)sc2ccc(Cl)cc12. The minimum absolute atomic E-state index is 0.294. The summed E-state index contributed by atoms with van der Waals surface area (Å²) in [6.07, 6.45) is 2.13. The number of aryl methyl sites for hydroxylation is 1. The van der Waals surface area contributed by atoms with E-state index in [0.29, 0.717) is 11.7 Å². The summed E-state index contributed by atoms with van der Waals surface area (Å²) in [5.41, 5.74) is 1.10. The lowest BCUT2D eigenvalue weighted by atomic mass is 10.1. The predicted molar refractivity (Wildman–Crippen MR) is 68.6 cm³/mol. The molecule has 0 N–H and O–H groups in total. The molecule has 1 aromatic carbocycles. The van der Waals surface area contributed by atoms with Crippen LogP contribution in [0, 0.1) is 12.8 Å². The largest absolute Gasteiger partial charge is 0.293 e. The highest BCUT2D eigenvalue weighted by Crippen LogP contribution is 2.39. The van der Waals surface area contributed by atoms with Crippen LogP contribution in [0.15, 0.2) is 18.2 Å². The van der Waals surface area contributed by atoms with Crippen molar-refractivity contribution >= 4 is 38.8 Å². The number of thiophene rings is 1. The quantitative estimate of drug-likeness (QED) is 0.720. The number of fused-ring (bicyclic) bond motifs is 1. The number of Topliss-reactive ketones (excluding diaryl/α,β-unsaturated/α-hetero) is 1. The van der Waals surface area contributed by atoms with Crippen LogP contribution in [0.1, 0.15) is 28.1 Å². The van der Waals surface area contributed by atoms with Crippen molar-refractivity contribution in [1.82, 2.24) is 0 Å². The highest BCUT2D eigenvalue weighted by Gasteiger charge is 2.32. The minimum Gasteiger partial charge on any atom is -0.293 e. The molecular formula is C13H11ClOS. The third-order valence-corrected chi connectivity index (χ3v) is 4.59. The minimum atomic E-state index is 0.294. The van der Waals surface area contributed by atoms with Crippen LogP contribution in [0.25, 0.3) is 10.1 Å². The Hall–Kier alpha value is -0.860. The first-order chi connectivity index (χ1) is 7.66. The number of halogens is 1. The van der Waals surface area contributed by atoms with Gasteiger partial charge in [-0.2, -0.15) is 0 Å². The lowest BCUT2D eigenvalue weighted by molar-refractivity contribution is 0.0971. The third kappa shape index (κ3) is 1.57. The van der Waals surface area contributed by atoms with E-state index in [-0.39, 0.29) is 0 Å². The molecule has 0 amide bonds. The van der Waals surface area contributed by atoms with Crippen molar-refractivity contribution < 1.29 is 4.79 Å². The Morgan fingerprint density at radius 2 is 2.19 bits per heavy atom. The van der Waals surface area contributed by atoms with Crippen molar-refractivity contribution in [3.63, 3.8) is 0 Å². The maximum Gasteiger partial charge on any atom is 0.176 e. The average Bonchev–Trinajstić information content (AvgIpc) is 3.05. The molecule has 1 heterocycles. The molecule has 16 heavy (non-hydrogen) atoms. The first kappa shape index (κ1) is 10.3. The van der Waals surface area contributed by atoms with Crippen LogP contribution in [0.3, 0.4) is 0 Å². The molecule has 0 saturated heterocycles. The zero-order valence-corrected chi connectivity index (χ0v) is 10.5. The van der Waals surface area contributed by atoms with Gasteiger partial charge in [-0.3, -0.25) is 4.79 Å². The summed E-state index contributed by atoms with van der Waals surface area (Å²) in [4.78, 5) is 13.0. The molecule has 0 aliphatic heterocycles. The molecule has 0 spiro atoms. The van der Waals surface area contributed by atoms with Gasteiger partial charge in [0, 0.05) is 15.6 Å². The van der Waals surface area contributed by atoms with Crippen LogP contribution in [0.4, 0.5) is 0 Å². The van der Waals surface area contributed by atoms with Crippen molar-refractivity contribution in [1.29, 1.82) is 0 Å². The summed E-state index contributed by atoms with van der Waals surface area (Å²) in [6.45, 7) is 2.02. The number of hydrogen-bond acceptors (Lipinski definition) is 2. The first-order valence-corrected chi connectivity index (χ1v) is 6.59. The van der Waals surface area contributed by atoms with E-state index in [0.717, 1.165) is 38.4 Å². The number of hydrogen-bond donors (Lipinski definition) is 0. The van der Waals surface area contributed by atoms with Crippen molar-refractivity contribution in [3.8, 4) is 0 Å². The lowest BCUT2D eigenvalue weighted by Crippen LogP contribution is -1.99. The smallest absolute Gasteiger partial charge is 0.176 e. The molecule has 0 bridgehead atoms. The maximum atomic E-state index is 12.1. The Morgan fingerprint density at radius 3 is 2.88 bits per heavy atom. The molecule has 3 heteroatoms. The van der Waals surface area contributed by atoms with E-state index in [1.165, 1.54) is 0 Å². The van der Waals surface area contributed by atoms with E-state index in [1.54, 1.807) is 11.3 Å². The molecule has 0 atom stereocenters. The number of benzene rings is 1. The summed E-state index contributed by atoms with van der Waals surface area (Å²) in [5, 5.41) is 1.86. The molecule has 1 aromatic heterocycles. The molecule has 1 saturated carbocycles. The van der Waals surface area contributed by atoms with Gasteiger partial charge in [0.2, 0.25) is 0 Å². The Labute approximate surface area is 103 Å². The zero-order valence-electron chi connectivity index (χ0n) is 8.92. The van der Waals surface area contributed by atoms with Gasteiger partial charge in [-0.25, -0.2) is 0 Å². The van der Waals surface area contributed by atoms with Crippen molar-refractivity contribution in [2.75, 3.05) is 0 Å². The Bertz CT molecular complexity index is 581. The zero-order chi connectivity index (χ0) is 11.3.